The van der Waals surface area contributed by atoms with Crippen molar-refractivity contribution in [3.8, 4) is 17.0 Å². The van der Waals surface area contributed by atoms with E-state index in [1.807, 2.05) is 0 Å². The maximum atomic E-state index is 13.3. The Balaban J connectivity index is 1.73. The predicted octanol–water partition coefficient (Wildman–Crippen LogP) is 5.17. The van der Waals surface area contributed by atoms with Crippen LogP contribution in [0.2, 0.25) is 0 Å². The van der Waals surface area contributed by atoms with Gasteiger partial charge in [-0.3, -0.25) is 9.59 Å². The molecule has 6 nitrogen and oxygen atoms in total. The fourth-order valence-corrected chi connectivity index (χ4v) is 3.54. The number of carbonyl (C=O) groups excluding carboxylic acids is 1. The van der Waals surface area contributed by atoms with Gasteiger partial charge in [-0.2, -0.15) is 18.3 Å². The molecule has 1 aromatic heterocycles. The Hall–Kier alpha value is -4.40. The summed E-state index contributed by atoms with van der Waals surface area (Å²) in [6, 6.07) is 21.4. The van der Waals surface area contributed by atoms with Crippen molar-refractivity contribution in [3.63, 3.8) is 0 Å². The second kappa shape index (κ2) is 9.84. The summed E-state index contributed by atoms with van der Waals surface area (Å²) in [5.74, 6) is -0.0324. The number of aromatic nitrogens is 2. The lowest BCUT2D eigenvalue weighted by atomic mass is 10.1. The Morgan fingerprint density at radius 3 is 2.31 bits per heavy atom. The molecule has 0 saturated carbocycles. The van der Waals surface area contributed by atoms with Gasteiger partial charge < -0.3 is 10.1 Å². The molecule has 1 N–H and O–H groups in total. The SMILES string of the molecule is COc1cccc(-c2ccc(=O)n(C(C(=O)Nc3ccc(C(F)(F)F)cc3)c3ccccc3)n2)c1. The van der Waals surface area contributed by atoms with Crippen molar-refractivity contribution in [3.05, 3.63) is 112 Å². The van der Waals surface area contributed by atoms with E-state index in [9.17, 15) is 22.8 Å². The highest BCUT2D eigenvalue weighted by molar-refractivity contribution is 5.95. The molecule has 0 saturated heterocycles. The average molecular weight is 479 g/mol. The summed E-state index contributed by atoms with van der Waals surface area (Å²) < 4.78 is 45.0. The number of rotatable bonds is 6. The van der Waals surface area contributed by atoms with Crippen LogP contribution in [0.5, 0.6) is 5.75 Å². The largest absolute Gasteiger partial charge is 0.497 e. The number of hydrogen-bond acceptors (Lipinski definition) is 4. The lowest BCUT2D eigenvalue weighted by molar-refractivity contribution is -0.137. The van der Waals surface area contributed by atoms with Crippen molar-refractivity contribution in [2.75, 3.05) is 12.4 Å². The number of amides is 1. The van der Waals surface area contributed by atoms with E-state index in [1.165, 1.54) is 13.2 Å². The summed E-state index contributed by atoms with van der Waals surface area (Å²) in [6.07, 6.45) is -4.49. The molecule has 0 aliphatic rings. The summed E-state index contributed by atoms with van der Waals surface area (Å²) >= 11 is 0. The van der Waals surface area contributed by atoms with Gasteiger partial charge in [-0.15, -0.1) is 0 Å². The standard InChI is InChI=1S/C26H20F3N3O3/c1-35-21-9-5-8-18(16-21)22-14-15-23(33)32(31-22)24(17-6-3-2-4-7-17)25(34)30-20-12-10-19(11-13-20)26(27,28)29/h2-16,24H,1H3,(H,30,34). The number of halogens is 3. The molecule has 3 aromatic carbocycles. The molecule has 35 heavy (non-hydrogen) atoms. The van der Waals surface area contributed by atoms with Crippen molar-refractivity contribution >= 4 is 11.6 Å². The third kappa shape index (κ3) is 5.40. The van der Waals surface area contributed by atoms with Gasteiger partial charge in [0.05, 0.1) is 18.4 Å². The van der Waals surface area contributed by atoms with Crippen LogP contribution in [0.3, 0.4) is 0 Å². The zero-order valence-electron chi connectivity index (χ0n) is 18.5. The smallest absolute Gasteiger partial charge is 0.416 e. The van der Waals surface area contributed by atoms with Crippen LogP contribution in [0.4, 0.5) is 18.9 Å². The maximum Gasteiger partial charge on any atom is 0.416 e. The average Bonchev–Trinajstić information content (AvgIpc) is 2.86. The molecule has 1 heterocycles. The Bertz CT molecular complexity index is 1380. The summed E-state index contributed by atoms with van der Waals surface area (Å²) in [7, 11) is 1.53. The highest BCUT2D eigenvalue weighted by Crippen LogP contribution is 2.30. The number of alkyl halides is 3. The van der Waals surface area contributed by atoms with E-state index >= 15 is 0 Å². The number of hydrogen-bond donors (Lipinski definition) is 1. The number of methoxy groups -OCH3 is 1. The van der Waals surface area contributed by atoms with E-state index in [1.54, 1.807) is 60.7 Å². The molecule has 0 radical (unpaired) electrons. The number of anilines is 1. The molecule has 9 heteroatoms. The van der Waals surface area contributed by atoms with Crippen molar-refractivity contribution < 1.29 is 22.7 Å². The van der Waals surface area contributed by atoms with Crippen LogP contribution in [0.1, 0.15) is 17.2 Å². The van der Waals surface area contributed by atoms with Gasteiger partial charge in [-0.25, -0.2) is 4.68 Å². The lowest BCUT2D eigenvalue weighted by Gasteiger charge is -2.20. The van der Waals surface area contributed by atoms with E-state index < -0.39 is 29.2 Å². The fraction of sp³-hybridized carbons (Fsp3) is 0.115. The molecule has 1 atom stereocenters. The first-order valence-electron chi connectivity index (χ1n) is 10.5. The number of nitrogens with zero attached hydrogens (tertiary/aromatic N) is 2. The van der Waals surface area contributed by atoms with Crippen molar-refractivity contribution in [1.29, 1.82) is 0 Å². The second-order valence-electron chi connectivity index (χ2n) is 7.61. The zero-order valence-corrected chi connectivity index (χ0v) is 18.5. The normalized spacial score (nSPS) is 12.1. The van der Waals surface area contributed by atoms with E-state index in [0.29, 0.717) is 22.6 Å². The highest BCUT2D eigenvalue weighted by Gasteiger charge is 2.30. The molecule has 0 bridgehead atoms. The van der Waals surface area contributed by atoms with E-state index in [0.717, 1.165) is 28.9 Å². The van der Waals surface area contributed by atoms with Crippen LogP contribution in [0.15, 0.2) is 95.8 Å². The second-order valence-corrected chi connectivity index (χ2v) is 7.61. The molecule has 0 fully saturated rings. The van der Waals surface area contributed by atoms with E-state index in [-0.39, 0.29) is 5.69 Å². The molecule has 0 aliphatic carbocycles. The van der Waals surface area contributed by atoms with Gasteiger partial charge >= 0.3 is 6.18 Å². The zero-order chi connectivity index (χ0) is 25.0. The van der Waals surface area contributed by atoms with Crippen LogP contribution < -0.4 is 15.6 Å². The number of ether oxygens (including phenoxy) is 1. The minimum atomic E-state index is -4.49. The lowest BCUT2D eigenvalue weighted by Crippen LogP contribution is -2.35. The molecule has 0 spiro atoms. The van der Waals surface area contributed by atoms with Gasteiger partial charge in [0.1, 0.15) is 5.75 Å². The van der Waals surface area contributed by atoms with Crippen molar-refractivity contribution in [2.45, 2.75) is 12.2 Å². The topological polar surface area (TPSA) is 73.2 Å². The third-order valence-corrected chi connectivity index (χ3v) is 5.28. The molecule has 0 aliphatic heterocycles. The summed E-state index contributed by atoms with van der Waals surface area (Å²) in [4.78, 5) is 26.2. The van der Waals surface area contributed by atoms with E-state index in [2.05, 4.69) is 10.4 Å². The highest BCUT2D eigenvalue weighted by atomic mass is 19.4. The molecule has 1 amide bonds. The Morgan fingerprint density at radius 2 is 1.66 bits per heavy atom. The minimum absolute atomic E-state index is 0.154. The van der Waals surface area contributed by atoms with Crippen LogP contribution in [0.25, 0.3) is 11.3 Å². The first kappa shape index (κ1) is 23.7. The van der Waals surface area contributed by atoms with Crippen molar-refractivity contribution in [1.82, 2.24) is 9.78 Å². The number of carbonyl (C=O) groups is 1. The Morgan fingerprint density at radius 1 is 0.943 bits per heavy atom. The van der Waals surface area contributed by atoms with Crippen LogP contribution in [-0.2, 0) is 11.0 Å². The van der Waals surface area contributed by atoms with Gasteiger partial charge in [-0.05, 0) is 48.0 Å². The molecule has 1 unspecified atom stereocenters. The predicted molar refractivity (Wildman–Crippen MR) is 125 cm³/mol. The minimum Gasteiger partial charge on any atom is -0.497 e. The molecular weight excluding hydrogens is 459 g/mol. The summed E-state index contributed by atoms with van der Waals surface area (Å²) in [6.45, 7) is 0. The van der Waals surface area contributed by atoms with Gasteiger partial charge in [0.15, 0.2) is 6.04 Å². The number of benzene rings is 3. The third-order valence-electron chi connectivity index (χ3n) is 5.28. The molecular formula is C26H20F3N3O3. The fourth-order valence-electron chi connectivity index (χ4n) is 3.54. The van der Waals surface area contributed by atoms with Gasteiger partial charge in [0.2, 0.25) is 0 Å². The van der Waals surface area contributed by atoms with E-state index in [4.69, 9.17) is 4.74 Å². The maximum absolute atomic E-state index is 13.3. The quantitative estimate of drug-likeness (QED) is 0.414. The van der Waals surface area contributed by atoms with Crippen LogP contribution >= 0.6 is 0 Å². The van der Waals surface area contributed by atoms with Gasteiger partial charge in [0, 0.05) is 17.3 Å². The molecule has 4 rings (SSSR count). The van der Waals surface area contributed by atoms with Crippen LogP contribution in [0, 0.1) is 0 Å². The van der Waals surface area contributed by atoms with Crippen LogP contribution in [-0.4, -0.2) is 22.8 Å². The first-order chi connectivity index (χ1) is 16.8. The number of nitrogens with one attached hydrogen (secondary N) is 1. The summed E-state index contributed by atoms with van der Waals surface area (Å²) in [5, 5.41) is 7.04. The first-order valence-corrected chi connectivity index (χ1v) is 10.5. The molecule has 4 aromatic rings. The molecule has 178 valence electrons. The van der Waals surface area contributed by atoms with Crippen molar-refractivity contribution in [2.24, 2.45) is 0 Å². The monoisotopic (exact) mass is 479 g/mol. The van der Waals surface area contributed by atoms with Gasteiger partial charge in [0.25, 0.3) is 11.5 Å². The van der Waals surface area contributed by atoms with Gasteiger partial charge in [-0.1, -0.05) is 42.5 Å². The Labute approximate surface area is 198 Å². The Kier molecular flexibility index (Phi) is 6.68. The summed E-state index contributed by atoms with van der Waals surface area (Å²) in [5.41, 5.74) is 0.391.